The van der Waals surface area contributed by atoms with Gasteiger partial charge in [-0.15, -0.1) is 0 Å². The van der Waals surface area contributed by atoms with Gasteiger partial charge < -0.3 is 19.9 Å². The van der Waals surface area contributed by atoms with E-state index < -0.39 is 5.41 Å². The van der Waals surface area contributed by atoms with Crippen molar-refractivity contribution in [3.05, 3.63) is 54.4 Å². The Balaban J connectivity index is 1.50. The van der Waals surface area contributed by atoms with Gasteiger partial charge in [-0.2, -0.15) is 4.98 Å². The smallest absolute Gasteiger partial charge is 0.229 e. The summed E-state index contributed by atoms with van der Waals surface area (Å²) in [6.45, 7) is 5.54. The van der Waals surface area contributed by atoms with Gasteiger partial charge in [-0.3, -0.25) is 9.59 Å². The number of amides is 2. The minimum absolute atomic E-state index is 0.0714. The number of benzene rings is 2. The molecule has 3 aromatic rings. The molecule has 1 heterocycles. The Morgan fingerprint density at radius 3 is 2.16 bits per heavy atom. The summed E-state index contributed by atoms with van der Waals surface area (Å²) in [5.74, 6) is 1.36. The Morgan fingerprint density at radius 2 is 1.58 bits per heavy atom. The van der Waals surface area contributed by atoms with E-state index >= 15 is 0 Å². The molecule has 0 saturated heterocycles. The summed E-state index contributed by atoms with van der Waals surface area (Å²) in [7, 11) is 1.60. The molecule has 162 valence electrons. The minimum atomic E-state index is -0.477. The summed E-state index contributed by atoms with van der Waals surface area (Å²) < 4.78 is 10.4. The SMILES string of the molecule is COc1ccc(-c2noc(CCC(=O)Nc3ccc(NC(=O)C(C)(C)C)cc3)n2)cc1. The zero-order chi connectivity index (χ0) is 22.4. The molecule has 0 aliphatic heterocycles. The van der Waals surface area contributed by atoms with Crippen LogP contribution in [0.3, 0.4) is 0 Å². The molecule has 0 saturated carbocycles. The molecule has 0 fully saturated rings. The largest absolute Gasteiger partial charge is 0.497 e. The number of hydrogen-bond donors (Lipinski definition) is 2. The van der Waals surface area contributed by atoms with E-state index in [9.17, 15) is 9.59 Å². The van der Waals surface area contributed by atoms with Crippen LogP contribution >= 0.6 is 0 Å². The Morgan fingerprint density at radius 1 is 0.968 bits per heavy atom. The number of aromatic nitrogens is 2. The Labute approximate surface area is 181 Å². The second-order valence-electron chi connectivity index (χ2n) is 8.07. The Kier molecular flexibility index (Phi) is 6.69. The first kappa shape index (κ1) is 22.0. The number of hydrogen-bond acceptors (Lipinski definition) is 6. The van der Waals surface area contributed by atoms with E-state index in [0.29, 0.717) is 29.5 Å². The predicted octanol–water partition coefficient (Wildman–Crippen LogP) is 4.30. The number of carbonyl (C=O) groups is 2. The van der Waals surface area contributed by atoms with E-state index in [1.165, 1.54) is 0 Å². The molecule has 8 heteroatoms. The number of nitrogens with one attached hydrogen (secondary N) is 2. The zero-order valence-electron chi connectivity index (χ0n) is 18.1. The van der Waals surface area contributed by atoms with Crippen molar-refractivity contribution >= 4 is 23.2 Å². The summed E-state index contributed by atoms with van der Waals surface area (Å²) >= 11 is 0. The summed E-state index contributed by atoms with van der Waals surface area (Å²) in [5, 5.41) is 9.62. The van der Waals surface area contributed by atoms with Crippen LogP contribution in [0.5, 0.6) is 5.75 Å². The lowest BCUT2D eigenvalue weighted by Gasteiger charge is -2.17. The van der Waals surface area contributed by atoms with Crippen LogP contribution in [-0.4, -0.2) is 29.1 Å². The third kappa shape index (κ3) is 6.15. The van der Waals surface area contributed by atoms with Crippen LogP contribution in [0.15, 0.2) is 53.1 Å². The maximum atomic E-state index is 12.2. The van der Waals surface area contributed by atoms with Crippen LogP contribution in [0, 0.1) is 5.41 Å². The van der Waals surface area contributed by atoms with Crippen LogP contribution < -0.4 is 15.4 Å². The molecule has 0 radical (unpaired) electrons. The molecule has 8 nitrogen and oxygen atoms in total. The number of carbonyl (C=O) groups excluding carboxylic acids is 2. The van der Waals surface area contributed by atoms with Crippen LogP contribution in [0.1, 0.15) is 33.1 Å². The van der Waals surface area contributed by atoms with Gasteiger partial charge in [0.2, 0.25) is 23.5 Å². The molecule has 0 unspecified atom stereocenters. The highest BCUT2D eigenvalue weighted by atomic mass is 16.5. The molecule has 0 atom stereocenters. The number of methoxy groups -OCH3 is 1. The molecule has 3 rings (SSSR count). The fourth-order valence-electron chi connectivity index (χ4n) is 2.61. The van der Waals surface area contributed by atoms with Crippen molar-refractivity contribution in [2.45, 2.75) is 33.6 Å². The monoisotopic (exact) mass is 422 g/mol. The highest BCUT2D eigenvalue weighted by molar-refractivity contribution is 5.95. The first-order valence-electron chi connectivity index (χ1n) is 9.93. The van der Waals surface area contributed by atoms with Gasteiger partial charge in [0.15, 0.2) is 0 Å². The van der Waals surface area contributed by atoms with Crippen LogP contribution in [0.25, 0.3) is 11.4 Å². The second kappa shape index (κ2) is 9.42. The van der Waals surface area contributed by atoms with Crippen molar-refractivity contribution < 1.29 is 18.8 Å². The molecule has 0 bridgehead atoms. The van der Waals surface area contributed by atoms with E-state index in [1.807, 2.05) is 45.0 Å². The maximum Gasteiger partial charge on any atom is 0.229 e. The molecular formula is C23H26N4O4. The standard InChI is InChI=1S/C23H26N4O4/c1-23(2,3)22(29)25-17-9-7-16(8-10-17)24-19(28)13-14-20-26-21(27-31-20)15-5-11-18(30-4)12-6-15/h5-12H,13-14H2,1-4H3,(H,24,28)(H,25,29). The lowest BCUT2D eigenvalue weighted by Crippen LogP contribution is -2.27. The molecule has 2 N–H and O–H groups in total. The van der Waals surface area contributed by atoms with Gasteiger partial charge in [-0.25, -0.2) is 0 Å². The maximum absolute atomic E-state index is 12.2. The lowest BCUT2D eigenvalue weighted by molar-refractivity contribution is -0.123. The number of rotatable bonds is 7. The molecule has 2 amide bonds. The van der Waals surface area contributed by atoms with E-state index in [0.717, 1.165) is 11.3 Å². The fraction of sp³-hybridized carbons (Fsp3) is 0.304. The van der Waals surface area contributed by atoms with Crippen LogP contribution in [-0.2, 0) is 16.0 Å². The Bertz CT molecular complexity index is 1030. The Hall–Kier alpha value is -3.68. The van der Waals surface area contributed by atoms with Gasteiger partial charge >= 0.3 is 0 Å². The summed E-state index contributed by atoms with van der Waals surface area (Å²) in [5.41, 5.74) is 1.64. The highest BCUT2D eigenvalue weighted by Gasteiger charge is 2.21. The van der Waals surface area contributed by atoms with E-state index in [-0.39, 0.29) is 18.2 Å². The van der Waals surface area contributed by atoms with Crippen molar-refractivity contribution in [2.75, 3.05) is 17.7 Å². The van der Waals surface area contributed by atoms with Crippen molar-refractivity contribution in [1.29, 1.82) is 0 Å². The van der Waals surface area contributed by atoms with E-state index in [2.05, 4.69) is 20.8 Å². The number of aryl methyl sites for hydroxylation is 1. The third-order valence-corrected chi connectivity index (χ3v) is 4.49. The summed E-state index contributed by atoms with van der Waals surface area (Å²) in [6.07, 6.45) is 0.529. The van der Waals surface area contributed by atoms with E-state index in [4.69, 9.17) is 9.26 Å². The molecular weight excluding hydrogens is 396 g/mol. The summed E-state index contributed by atoms with van der Waals surface area (Å²) in [6, 6.07) is 14.3. The molecule has 1 aromatic heterocycles. The number of ether oxygens (including phenoxy) is 1. The van der Waals surface area contributed by atoms with Crippen LogP contribution in [0.2, 0.25) is 0 Å². The predicted molar refractivity (Wildman–Crippen MR) is 118 cm³/mol. The van der Waals surface area contributed by atoms with Gasteiger partial charge in [0.25, 0.3) is 0 Å². The zero-order valence-corrected chi connectivity index (χ0v) is 18.1. The highest BCUT2D eigenvalue weighted by Crippen LogP contribution is 2.21. The van der Waals surface area contributed by atoms with Gasteiger partial charge in [-0.05, 0) is 48.5 Å². The third-order valence-electron chi connectivity index (χ3n) is 4.49. The van der Waals surface area contributed by atoms with Gasteiger partial charge in [0, 0.05) is 35.2 Å². The van der Waals surface area contributed by atoms with Gasteiger partial charge in [0.05, 0.1) is 7.11 Å². The molecule has 31 heavy (non-hydrogen) atoms. The molecule has 0 aliphatic carbocycles. The first-order chi connectivity index (χ1) is 14.7. The molecule has 0 spiro atoms. The quantitative estimate of drug-likeness (QED) is 0.588. The van der Waals surface area contributed by atoms with Crippen LogP contribution in [0.4, 0.5) is 11.4 Å². The van der Waals surface area contributed by atoms with Crippen molar-refractivity contribution in [3.8, 4) is 17.1 Å². The van der Waals surface area contributed by atoms with Crippen molar-refractivity contribution in [2.24, 2.45) is 5.41 Å². The lowest BCUT2D eigenvalue weighted by atomic mass is 9.95. The van der Waals surface area contributed by atoms with Crippen molar-refractivity contribution in [1.82, 2.24) is 10.1 Å². The normalized spacial score (nSPS) is 11.1. The van der Waals surface area contributed by atoms with Crippen molar-refractivity contribution in [3.63, 3.8) is 0 Å². The molecule has 2 aromatic carbocycles. The first-order valence-corrected chi connectivity index (χ1v) is 9.93. The summed E-state index contributed by atoms with van der Waals surface area (Å²) in [4.78, 5) is 28.6. The molecule has 0 aliphatic rings. The second-order valence-corrected chi connectivity index (χ2v) is 8.07. The average Bonchev–Trinajstić information content (AvgIpc) is 3.22. The van der Waals surface area contributed by atoms with Gasteiger partial charge in [0.1, 0.15) is 5.75 Å². The minimum Gasteiger partial charge on any atom is -0.497 e. The fourth-order valence-corrected chi connectivity index (χ4v) is 2.61. The average molecular weight is 422 g/mol. The van der Waals surface area contributed by atoms with E-state index in [1.54, 1.807) is 31.4 Å². The number of nitrogens with zero attached hydrogens (tertiary/aromatic N) is 2. The topological polar surface area (TPSA) is 106 Å². The van der Waals surface area contributed by atoms with Gasteiger partial charge in [-0.1, -0.05) is 25.9 Å². The number of anilines is 2.